The number of fused-ring (bicyclic) bond motifs is 3. The molecule has 140 valence electrons. The molecule has 0 fully saturated rings. The molecule has 2 aromatic carbocycles. The average molecular weight is 371 g/mol. The van der Waals surface area contributed by atoms with Gasteiger partial charge in [-0.05, 0) is 31.2 Å². The van der Waals surface area contributed by atoms with Crippen molar-refractivity contribution in [2.24, 2.45) is 10.7 Å². The first-order chi connectivity index (χ1) is 13.6. The van der Waals surface area contributed by atoms with Gasteiger partial charge in [-0.2, -0.15) is 0 Å². The fourth-order valence-electron chi connectivity index (χ4n) is 3.09. The van der Waals surface area contributed by atoms with E-state index in [1.165, 1.54) is 6.20 Å². The van der Waals surface area contributed by atoms with Crippen LogP contribution >= 0.6 is 0 Å². The Morgan fingerprint density at radius 2 is 1.68 bits per heavy atom. The highest BCUT2D eigenvalue weighted by Gasteiger charge is 2.25. The van der Waals surface area contributed by atoms with Crippen molar-refractivity contribution in [3.63, 3.8) is 0 Å². The van der Waals surface area contributed by atoms with Crippen LogP contribution in [0.5, 0.6) is 0 Å². The van der Waals surface area contributed by atoms with Gasteiger partial charge >= 0.3 is 0 Å². The van der Waals surface area contributed by atoms with Crippen molar-refractivity contribution in [3.05, 3.63) is 66.6 Å². The van der Waals surface area contributed by atoms with Crippen LogP contribution in [-0.4, -0.2) is 29.8 Å². The number of anilines is 1. The van der Waals surface area contributed by atoms with E-state index >= 15 is 0 Å². The van der Waals surface area contributed by atoms with Crippen molar-refractivity contribution in [1.29, 1.82) is 0 Å². The molecule has 0 saturated carbocycles. The Balaban J connectivity index is 1.94. The van der Waals surface area contributed by atoms with E-state index in [0.29, 0.717) is 23.0 Å². The molecule has 0 atom stereocenters. The highest BCUT2D eigenvalue weighted by Crippen LogP contribution is 2.37. The molecule has 0 saturated heterocycles. The Hall–Kier alpha value is -3.67. The smallest absolute Gasteiger partial charge is 0.226 e. The highest BCUT2D eigenvalue weighted by molar-refractivity contribution is 6.24. The van der Waals surface area contributed by atoms with Crippen molar-refractivity contribution < 1.29 is 4.42 Å². The Morgan fingerprint density at radius 1 is 1.00 bits per heavy atom. The molecule has 2 N–H and O–H groups in total. The molecule has 0 unspecified atom stereocenters. The van der Waals surface area contributed by atoms with E-state index in [0.717, 1.165) is 28.1 Å². The molecule has 6 heteroatoms. The number of aromatic nitrogens is 2. The van der Waals surface area contributed by atoms with Gasteiger partial charge < -0.3 is 15.1 Å². The molecule has 2 aromatic rings. The van der Waals surface area contributed by atoms with Crippen LogP contribution in [0.25, 0.3) is 27.9 Å². The lowest BCUT2D eigenvalue weighted by Gasteiger charge is -2.11. The largest absolute Gasteiger partial charge is 0.454 e. The van der Waals surface area contributed by atoms with Crippen LogP contribution in [0.15, 0.2) is 70.2 Å². The summed E-state index contributed by atoms with van der Waals surface area (Å²) >= 11 is 0. The van der Waals surface area contributed by atoms with E-state index in [1.807, 2.05) is 80.5 Å². The fourth-order valence-corrected chi connectivity index (χ4v) is 3.09. The minimum absolute atomic E-state index is 0.564. The molecule has 0 spiro atoms. The predicted molar refractivity (Wildman–Crippen MR) is 114 cm³/mol. The number of allylic oxidation sites excluding steroid dienone is 1. The van der Waals surface area contributed by atoms with Gasteiger partial charge in [0.2, 0.25) is 5.95 Å². The first-order valence-corrected chi connectivity index (χ1v) is 8.98. The SMILES string of the molecule is CC(=Nc1ccccc1)C(=CN)c1oc2ccccc2c2nc(N(C)C)nc1-2. The number of benzene rings is 2. The molecular weight excluding hydrogens is 350 g/mol. The molecule has 2 heterocycles. The zero-order valence-electron chi connectivity index (χ0n) is 16.0. The zero-order valence-corrected chi connectivity index (χ0v) is 16.0. The topological polar surface area (TPSA) is 80.5 Å². The maximum atomic E-state index is 6.23. The average Bonchev–Trinajstić information content (AvgIpc) is 3.15. The van der Waals surface area contributed by atoms with Gasteiger partial charge in [0.15, 0.2) is 5.76 Å². The van der Waals surface area contributed by atoms with Gasteiger partial charge in [-0.3, -0.25) is 4.99 Å². The maximum Gasteiger partial charge on any atom is 0.226 e. The molecule has 0 aliphatic carbocycles. The summed E-state index contributed by atoms with van der Waals surface area (Å²) < 4.78 is 6.23. The van der Waals surface area contributed by atoms with E-state index < -0.39 is 0 Å². The number of imidazole rings is 1. The van der Waals surface area contributed by atoms with Crippen molar-refractivity contribution in [3.8, 4) is 11.4 Å². The van der Waals surface area contributed by atoms with E-state index in [2.05, 4.69) is 4.99 Å². The summed E-state index contributed by atoms with van der Waals surface area (Å²) in [5.74, 6) is 1.19. The van der Waals surface area contributed by atoms with Crippen LogP contribution in [0.2, 0.25) is 0 Å². The fraction of sp³-hybridized carbons (Fsp3) is 0.136. The Morgan fingerprint density at radius 3 is 2.39 bits per heavy atom. The Labute approximate surface area is 163 Å². The monoisotopic (exact) mass is 371 g/mol. The molecule has 2 aliphatic rings. The van der Waals surface area contributed by atoms with Gasteiger partial charge in [0.1, 0.15) is 17.0 Å². The lowest BCUT2D eigenvalue weighted by molar-refractivity contribution is 0.589. The van der Waals surface area contributed by atoms with Gasteiger partial charge in [-0.1, -0.05) is 30.3 Å². The van der Waals surface area contributed by atoms with Crippen molar-refractivity contribution in [1.82, 2.24) is 9.97 Å². The minimum atomic E-state index is 0.564. The first-order valence-electron chi connectivity index (χ1n) is 8.98. The van der Waals surface area contributed by atoms with Crippen LogP contribution < -0.4 is 10.6 Å². The number of nitrogens with two attached hydrogens (primary N) is 1. The third-order valence-electron chi connectivity index (χ3n) is 4.47. The minimum Gasteiger partial charge on any atom is -0.454 e. The van der Waals surface area contributed by atoms with Gasteiger partial charge in [0.05, 0.1) is 17.0 Å². The highest BCUT2D eigenvalue weighted by atomic mass is 16.3. The zero-order chi connectivity index (χ0) is 19.7. The number of para-hydroxylation sites is 2. The molecule has 0 bridgehead atoms. The van der Waals surface area contributed by atoms with Gasteiger partial charge in [0.25, 0.3) is 0 Å². The summed E-state index contributed by atoms with van der Waals surface area (Å²) in [6, 6.07) is 17.5. The van der Waals surface area contributed by atoms with Gasteiger partial charge in [0, 0.05) is 25.7 Å². The summed E-state index contributed by atoms with van der Waals surface area (Å²) in [4.78, 5) is 16.0. The maximum absolute atomic E-state index is 6.23. The number of hydrogen-bond donors (Lipinski definition) is 1. The molecule has 6 nitrogen and oxygen atoms in total. The molecule has 28 heavy (non-hydrogen) atoms. The summed E-state index contributed by atoms with van der Waals surface area (Å²) in [5.41, 5.74) is 10.4. The third kappa shape index (κ3) is 3.09. The summed E-state index contributed by atoms with van der Waals surface area (Å²) in [5, 5.41) is 0.913. The van der Waals surface area contributed by atoms with Crippen LogP contribution in [0, 0.1) is 0 Å². The summed E-state index contributed by atoms with van der Waals surface area (Å²) in [7, 11) is 3.82. The molecule has 0 amide bonds. The summed E-state index contributed by atoms with van der Waals surface area (Å²) in [6.45, 7) is 1.91. The van der Waals surface area contributed by atoms with E-state index in [9.17, 15) is 0 Å². The van der Waals surface area contributed by atoms with Crippen LogP contribution in [0.1, 0.15) is 12.7 Å². The molecule has 2 aliphatic heterocycles. The Bertz CT molecular complexity index is 1160. The lowest BCUT2D eigenvalue weighted by atomic mass is 10.0. The number of aliphatic imine (C=N–C) groups is 1. The molecule has 4 rings (SSSR count). The van der Waals surface area contributed by atoms with Gasteiger partial charge in [-0.25, -0.2) is 9.97 Å². The van der Waals surface area contributed by atoms with E-state index in [-0.39, 0.29) is 0 Å². The van der Waals surface area contributed by atoms with Crippen LogP contribution in [0.4, 0.5) is 11.6 Å². The van der Waals surface area contributed by atoms with Crippen molar-refractivity contribution in [2.45, 2.75) is 6.92 Å². The van der Waals surface area contributed by atoms with Gasteiger partial charge in [-0.15, -0.1) is 0 Å². The Kier molecular flexibility index (Phi) is 4.53. The number of hydrogen-bond acceptors (Lipinski definition) is 6. The predicted octanol–water partition coefficient (Wildman–Crippen LogP) is 4.49. The van der Waals surface area contributed by atoms with Crippen molar-refractivity contribution in [2.75, 3.05) is 19.0 Å². The van der Waals surface area contributed by atoms with E-state index in [4.69, 9.17) is 20.1 Å². The summed E-state index contributed by atoms with van der Waals surface area (Å²) in [6.07, 6.45) is 1.51. The van der Waals surface area contributed by atoms with E-state index in [1.54, 1.807) is 0 Å². The standard InChI is InChI=1S/C22H21N5O/c1-14(24-15-9-5-4-6-10-15)17(13-23)21-20-19(25-22(26-20)27(2)3)16-11-7-8-12-18(16)28-21/h4-13H,23H2,1-3H3. The lowest BCUT2D eigenvalue weighted by Crippen LogP contribution is -2.09. The number of rotatable bonds is 4. The third-order valence-corrected chi connectivity index (χ3v) is 4.47. The normalized spacial score (nSPS) is 12.7. The quantitative estimate of drug-likeness (QED) is 0.535. The number of nitrogens with zero attached hydrogens (tertiary/aromatic N) is 4. The molecule has 0 aromatic heterocycles. The molecule has 0 radical (unpaired) electrons. The molecular formula is C22H21N5O. The first kappa shape index (κ1) is 17.7. The second-order valence-corrected chi connectivity index (χ2v) is 6.66. The second kappa shape index (κ2) is 7.15. The van der Waals surface area contributed by atoms with Crippen LogP contribution in [-0.2, 0) is 0 Å². The van der Waals surface area contributed by atoms with Crippen molar-refractivity contribution >= 4 is 33.9 Å². The van der Waals surface area contributed by atoms with Crippen LogP contribution in [0.3, 0.4) is 0 Å². The second-order valence-electron chi connectivity index (χ2n) is 6.66.